The summed E-state index contributed by atoms with van der Waals surface area (Å²) >= 11 is 0. The summed E-state index contributed by atoms with van der Waals surface area (Å²) in [6.07, 6.45) is 19.5. The van der Waals surface area contributed by atoms with Crippen LogP contribution in [0.3, 0.4) is 0 Å². The molecule has 5 heteroatoms. The van der Waals surface area contributed by atoms with E-state index >= 15 is 0 Å². The van der Waals surface area contributed by atoms with Crippen LogP contribution in [0.1, 0.15) is 106 Å². The Hall–Kier alpha value is 0.390. The van der Waals surface area contributed by atoms with Crippen LogP contribution in [0.25, 0.3) is 0 Å². The Morgan fingerprint density at radius 2 is 1.07 bits per heavy atom. The maximum atomic E-state index is 12.0. The number of hydrogen-bond donors (Lipinski definition) is 0. The normalized spacial score (nSPS) is 11.3. The van der Waals surface area contributed by atoms with Gasteiger partial charge in [0.1, 0.15) is 0 Å². The summed E-state index contributed by atoms with van der Waals surface area (Å²) < 4.78 is 29.0. The summed E-state index contributed by atoms with van der Waals surface area (Å²) in [5.41, 5.74) is 0. The van der Waals surface area contributed by atoms with Crippen molar-refractivity contribution in [1.82, 2.24) is 0 Å². The van der Waals surface area contributed by atoms with Crippen molar-refractivity contribution >= 4 is 47.9 Å². The van der Waals surface area contributed by atoms with E-state index in [1.807, 2.05) is 0 Å². The molecule has 1 aromatic carbocycles. The van der Waals surface area contributed by atoms with E-state index in [4.69, 9.17) is 4.18 Å². The third-order valence-electron chi connectivity index (χ3n) is 5.02. The molecule has 160 valence electrons. The molecule has 0 saturated carbocycles. The molecule has 0 aliphatic heterocycles. The number of hydrogen-bond acceptors (Lipinski definition) is 3. The molecule has 0 saturated heterocycles. The van der Waals surface area contributed by atoms with Crippen LogP contribution < -0.4 is 0 Å². The van der Waals surface area contributed by atoms with Gasteiger partial charge in [0.2, 0.25) is 0 Å². The molecule has 0 N–H and O–H groups in total. The zero-order valence-corrected chi connectivity index (χ0v) is 21.1. The van der Waals surface area contributed by atoms with E-state index < -0.39 is 10.1 Å². The molecule has 0 heterocycles. The van der Waals surface area contributed by atoms with Crippen LogP contribution in [0.5, 0.6) is 0 Å². The number of benzene rings is 1. The van der Waals surface area contributed by atoms with Gasteiger partial charge in [-0.2, -0.15) is 8.42 Å². The van der Waals surface area contributed by atoms with Gasteiger partial charge in [-0.25, -0.2) is 0 Å². The van der Waals surface area contributed by atoms with E-state index in [0.717, 1.165) is 12.8 Å². The molecule has 28 heavy (non-hydrogen) atoms. The van der Waals surface area contributed by atoms with E-state index in [9.17, 15) is 8.42 Å². The Morgan fingerprint density at radius 1 is 0.679 bits per heavy atom. The average Bonchev–Trinajstić information content (AvgIpc) is 2.68. The van der Waals surface area contributed by atoms with Crippen molar-refractivity contribution in [3.8, 4) is 0 Å². The van der Waals surface area contributed by atoms with Crippen molar-refractivity contribution in [2.45, 2.75) is 108 Å². The first-order chi connectivity index (χ1) is 13.2. The van der Waals surface area contributed by atoms with Gasteiger partial charge >= 0.3 is 37.7 Å². The van der Waals surface area contributed by atoms with Crippen molar-refractivity contribution < 1.29 is 15.5 Å². The van der Waals surface area contributed by atoms with Gasteiger partial charge < -0.3 is 2.85 Å². The minimum atomic E-state index is -3.58. The smallest absolute Gasteiger partial charge is 1.00 e. The zero-order chi connectivity index (χ0) is 19.6. The molecule has 0 radical (unpaired) electrons. The fraction of sp³-hybridized carbons (Fsp3) is 0.739. The van der Waals surface area contributed by atoms with Crippen LogP contribution in [-0.2, 0) is 14.3 Å². The summed E-state index contributed by atoms with van der Waals surface area (Å²) in [6, 6.07) is 8.37. The van der Waals surface area contributed by atoms with Crippen molar-refractivity contribution in [2.75, 3.05) is 6.61 Å². The largest absolute Gasteiger partial charge is 2.00 e. The van der Waals surface area contributed by atoms with Gasteiger partial charge in [0.15, 0.2) is 0 Å². The summed E-state index contributed by atoms with van der Waals surface area (Å²) in [5, 5.41) is 0. The second-order valence-corrected chi connectivity index (χ2v) is 9.15. The van der Waals surface area contributed by atoms with Gasteiger partial charge in [-0.1, -0.05) is 115 Å². The second kappa shape index (κ2) is 19.4. The SMILES string of the molecule is CCCCCCCCCCCCCCCCCOS(=O)(=O)c1ccccc1.[Ca+2].[H-].[H-]. The predicted molar refractivity (Wildman–Crippen MR) is 122 cm³/mol. The molecule has 0 atom stereocenters. The molecule has 1 aromatic rings. The molecular weight excluding hydrogens is 396 g/mol. The van der Waals surface area contributed by atoms with Crippen LogP contribution in [0.4, 0.5) is 0 Å². The van der Waals surface area contributed by atoms with Gasteiger partial charge in [-0.05, 0) is 18.6 Å². The third-order valence-corrected chi connectivity index (χ3v) is 6.34. The van der Waals surface area contributed by atoms with E-state index in [0.29, 0.717) is 0 Å². The monoisotopic (exact) mass is 438 g/mol. The van der Waals surface area contributed by atoms with Crippen LogP contribution >= 0.6 is 0 Å². The third kappa shape index (κ3) is 15.3. The van der Waals surface area contributed by atoms with E-state index in [1.54, 1.807) is 30.3 Å². The average molecular weight is 439 g/mol. The van der Waals surface area contributed by atoms with E-state index in [2.05, 4.69) is 6.92 Å². The maximum absolute atomic E-state index is 12.0. The van der Waals surface area contributed by atoms with Crippen molar-refractivity contribution in [3.05, 3.63) is 30.3 Å². The molecular formula is C23H42CaO3S. The second-order valence-electron chi connectivity index (χ2n) is 7.54. The number of unbranched alkanes of at least 4 members (excludes halogenated alkanes) is 14. The molecule has 0 aliphatic rings. The number of rotatable bonds is 18. The maximum Gasteiger partial charge on any atom is 2.00 e. The Labute approximate surface area is 207 Å². The standard InChI is InChI=1S/C23H40O3S.Ca.2H/c1-2-3-4-5-6-7-8-9-10-11-12-13-14-15-19-22-26-27(24,25)23-20-17-16-18-21-23;;;/h16-18,20-21H,2-15,19,22H2,1H3;;;/q;+2;2*-1. The van der Waals surface area contributed by atoms with Gasteiger partial charge in [0, 0.05) is 0 Å². The van der Waals surface area contributed by atoms with Crippen LogP contribution in [0, 0.1) is 0 Å². The van der Waals surface area contributed by atoms with E-state index in [-0.39, 0.29) is 52.1 Å². The fourth-order valence-corrected chi connectivity index (χ4v) is 4.26. The summed E-state index contributed by atoms with van der Waals surface area (Å²) in [4.78, 5) is 0.242. The topological polar surface area (TPSA) is 43.4 Å². The Bertz CT molecular complexity index is 557. The van der Waals surface area contributed by atoms with Crippen molar-refractivity contribution in [2.24, 2.45) is 0 Å². The molecule has 0 bridgehead atoms. The van der Waals surface area contributed by atoms with Crippen molar-refractivity contribution in [3.63, 3.8) is 0 Å². The first kappa shape index (κ1) is 28.4. The Morgan fingerprint density at radius 3 is 1.50 bits per heavy atom. The minimum Gasteiger partial charge on any atom is -1.00 e. The zero-order valence-electron chi connectivity index (χ0n) is 20.0. The van der Waals surface area contributed by atoms with Gasteiger partial charge in [0.05, 0.1) is 11.5 Å². The molecule has 3 nitrogen and oxygen atoms in total. The fourth-order valence-electron chi connectivity index (χ4n) is 3.30. The van der Waals surface area contributed by atoms with Gasteiger partial charge in [0.25, 0.3) is 10.1 Å². The minimum absolute atomic E-state index is 0. The molecule has 1 rings (SSSR count). The summed E-state index contributed by atoms with van der Waals surface area (Å²) in [6.45, 7) is 2.56. The molecule has 0 fully saturated rings. The van der Waals surface area contributed by atoms with E-state index in [1.165, 1.54) is 83.5 Å². The van der Waals surface area contributed by atoms with Crippen molar-refractivity contribution in [1.29, 1.82) is 0 Å². The van der Waals surface area contributed by atoms with Crippen LogP contribution in [0.2, 0.25) is 0 Å². The first-order valence-electron chi connectivity index (χ1n) is 11.1. The molecule has 0 amide bonds. The molecule has 0 aromatic heterocycles. The van der Waals surface area contributed by atoms with Gasteiger partial charge in [-0.15, -0.1) is 0 Å². The molecule has 0 spiro atoms. The van der Waals surface area contributed by atoms with Crippen LogP contribution in [-0.4, -0.2) is 52.8 Å². The molecule has 0 unspecified atom stereocenters. The predicted octanol–water partition coefficient (Wildman–Crippen LogP) is 7.11. The summed E-state index contributed by atoms with van der Waals surface area (Å²) in [7, 11) is -3.58. The van der Waals surface area contributed by atoms with Gasteiger partial charge in [-0.3, -0.25) is 4.18 Å². The first-order valence-corrected chi connectivity index (χ1v) is 12.5. The van der Waals surface area contributed by atoms with Crippen LogP contribution in [0.15, 0.2) is 35.2 Å². The Kier molecular flexibility index (Phi) is 19.6. The Balaban J connectivity index is -0.00000243. The summed E-state index contributed by atoms with van der Waals surface area (Å²) in [5.74, 6) is 0. The quantitative estimate of drug-likeness (QED) is 0.139. The molecule has 0 aliphatic carbocycles.